The van der Waals surface area contributed by atoms with Crippen LogP contribution in [0.5, 0.6) is 17.4 Å². The van der Waals surface area contributed by atoms with Crippen molar-refractivity contribution in [3.8, 4) is 17.4 Å². The fourth-order valence-electron chi connectivity index (χ4n) is 2.11. The lowest BCUT2D eigenvalue weighted by Crippen LogP contribution is -2.15. The van der Waals surface area contributed by atoms with Gasteiger partial charge in [0.2, 0.25) is 5.88 Å². The molecule has 0 amide bonds. The van der Waals surface area contributed by atoms with E-state index in [1.54, 1.807) is 6.07 Å². The summed E-state index contributed by atoms with van der Waals surface area (Å²) in [5.41, 5.74) is 7.83. The van der Waals surface area contributed by atoms with E-state index in [9.17, 15) is 0 Å². The normalized spacial score (nSPS) is 10.2. The highest BCUT2D eigenvalue weighted by molar-refractivity contribution is 5.98. The second-order valence-corrected chi connectivity index (χ2v) is 4.68. The summed E-state index contributed by atoms with van der Waals surface area (Å²) >= 11 is 0. The Morgan fingerprint density at radius 3 is 2.62 bits per heavy atom. The van der Waals surface area contributed by atoms with E-state index in [1.165, 1.54) is 0 Å². The Morgan fingerprint density at radius 2 is 1.95 bits per heavy atom. The second-order valence-electron chi connectivity index (χ2n) is 4.68. The molecule has 1 heterocycles. The SMILES string of the molecule is CCOc1cccc(Oc2nc(C)cc(C)c2C(=N)N)c1. The van der Waals surface area contributed by atoms with Gasteiger partial charge in [-0.2, -0.15) is 0 Å². The van der Waals surface area contributed by atoms with E-state index in [2.05, 4.69) is 4.98 Å². The van der Waals surface area contributed by atoms with Gasteiger partial charge in [0.25, 0.3) is 0 Å². The number of benzene rings is 1. The third kappa shape index (κ3) is 3.51. The van der Waals surface area contributed by atoms with Gasteiger partial charge in [-0.1, -0.05) is 6.07 Å². The molecule has 0 bridgehead atoms. The van der Waals surface area contributed by atoms with E-state index in [1.807, 2.05) is 45.0 Å². The van der Waals surface area contributed by atoms with Gasteiger partial charge in [-0.3, -0.25) is 5.41 Å². The van der Waals surface area contributed by atoms with Gasteiger partial charge in [-0.05, 0) is 44.5 Å². The van der Waals surface area contributed by atoms with Crippen molar-refractivity contribution in [1.82, 2.24) is 4.98 Å². The zero-order chi connectivity index (χ0) is 15.4. The molecule has 110 valence electrons. The van der Waals surface area contributed by atoms with Crippen LogP contribution in [-0.4, -0.2) is 17.4 Å². The number of nitrogens with two attached hydrogens (primary N) is 1. The Labute approximate surface area is 124 Å². The van der Waals surface area contributed by atoms with Crippen LogP contribution < -0.4 is 15.2 Å². The summed E-state index contributed by atoms with van der Waals surface area (Å²) in [4.78, 5) is 4.34. The van der Waals surface area contributed by atoms with Crippen molar-refractivity contribution >= 4 is 5.84 Å². The van der Waals surface area contributed by atoms with E-state index in [0.717, 1.165) is 17.0 Å². The standard InChI is InChI=1S/C16H19N3O2/c1-4-20-12-6-5-7-13(9-12)21-16-14(15(17)18)10(2)8-11(3)19-16/h5-9H,4H2,1-3H3,(H3,17,18). The molecule has 21 heavy (non-hydrogen) atoms. The number of nitrogen functional groups attached to an aromatic ring is 1. The van der Waals surface area contributed by atoms with Crippen molar-refractivity contribution in [2.45, 2.75) is 20.8 Å². The van der Waals surface area contributed by atoms with E-state index in [-0.39, 0.29) is 5.84 Å². The van der Waals surface area contributed by atoms with Crippen molar-refractivity contribution in [3.63, 3.8) is 0 Å². The van der Waals surface area contributed by atoms with Crippen molar-refractivity contribution in [2.75, 3.05) is 6.61 Å². The average Bonchev–Trinajstić information content (AvgIpc) is 2.38. The second kappa shape index (κ2) is 6.26. The number of pyridine rings is 1. The maximum atomic E-state index is 7.69. The largest absolute Gasteiger partial charge is 0.494 e. The number of rotatable bonds is 5. The lowest BCUT2D eigenvalue weighted by atomic mass is 10.1. The molecular weight excluding hydrogens is 266 g/mol. The summed E-state index contributed by atoms with van der Waals surface area (Å²) in [7, 11) is 0. The van der Waals surface area contributed by atoms with Gasteiger partial charge in [-0.15, -0.1) is 0 Å². The molecule has 2 aromatic rings. The van der Waals surface area contributed by atoms with Crippen LogP contribution in [0.25, 0.3) is 0 Å². The van der Waals surface area contributed by atoms with E-state index < -0.39 is 0 Å². The fourth-order valence-corrected chi connectivity index (χ4v) is 2.11. The molecule has 5 nitrogen and oxygen atoms in total. The first-order chi connectivity index (χ1) is 10.0. The third-order valence-electron chi connectivity index (χ3n) is 2.91. The van der Waals surface area contributed by atoms with Crippen LogP contribution in [0.3, 0.4) is 0 Å². The number of hydrogen-bond acceptors (Lipinski definition) is 4. The van der Waals surface area contributed by atoms with E-state index in [0.29, 0.717) is 23.8 Å². The number of hydrogen-bond donors (Lipinski definition) is 2. The van der Waals surface area contributed by atoms with Gasteiger partial charge in [-0.25, -0.2) is 4.98 Å². The van der Waals surface area contributed by atoms with Crippen LogP contribution in [0, 0.1) is 19.3 Å². The lowest BCUT2D eigenvalue weighted by molar-refractivity contribution is 0.338. The minimum atomic E-state index is -0.0593. The van der Waals surface area contributed by atoms with Crippen LogP contribution in [0.1, 0.15) is 23.7 Å². The Bertz CT molecular complexity index is 669. The molecule has 1 aromatic carbocycles. The summed E-state index contributed by atoms with van der Waals surface area (Å²) in [6, 6.07) is 9.17. The zero-order valence-corrected chi connectivity index (χ0v) is 12.4. The molecule has 0 unspecified atom stereocenters. The Kier molecular flexibility index (Phi) is 4.42. The number of amidine groups is 1. The molecule has 0 atom stereocenters. The van der Waals surface area contributed by atoms with Crippen LogP contribution in [-0.2, 0) is 0 Å². The highest BCUT2D eigenvalue weighted by atomic mass is 16.5. The molecule has 0 saturated carbocycles. The molecule has 5 heteroatoms. The predicted molar refractivity (Wildman–Crippen MR) is 82.4 cm³/mol. The summed E-state index contributed by atoms with van der Waals surface area (Å²) in [6.45, 7) is 6.27. The maximum absolute atomic E-state index is 7.69. The third-order valence-corrected chi connectivity index (χ3v) is 2.91. The first kappa shape index (κ1) is 14.8. The van der Waals surface area contributed by atoms with Gasteiger partial charge < -0.3 is 15.2 Å². The first-order valence-electron chi connectivity index (χ1n) is 6.74. The Morgan fingerprint density at radius 1 is 1.24 bits per heavy atom. The van der Waals surface area contributed by atoms with Gasteiger partial charge in [0.05, 0.1) is 12.2 Å². The minimum Gasteiger partial charge on any atom is -0.494 e. The molecule has 1 aromatic heterocycles. The number of aryl methyl sites for hydroxylation is 2. The first-order valence-corrected chi connectivity index (χ1v) is 6.74. The number of aromatic nitrogens is 1. The smallest absolute Gasteiger partial charge is 0.230 e. The van der Waals surface area contributed by atoms with Gasteiger partial charge in [0.15, 0.2) is 0 Å². The topological polar surface area (TPSA) is 81.2 Å². The number of nitrogens with zero attached hydrogens (tertiary/aromatic N) is 1. The highest BCUT2D eigenvalue weighted by Crippen LogP contribution is 2.28. The predicted octanol–water partition coefficient (Wildman–Crippen LogP) is 3.17. The molecule has 0 saturated heterocycles. The zero-order valence-electron chi connectivity index (χ0n) is 12.4. The fraction of sp³-hybridized carbons (Fsp3) is 0.250. The van der Waals surface area contributed by atoms with Crippen molar-refractivity contribution < 1.29 is 9.47 Å². The highest BCUT2D eigenvalue weighted by Gasteiger charge is 2.14. The summed E-state index contributed by atoms with van der Waals surface area (Å²) in [5, 5.41) is 7.69. The van der Waals surface area contributed by atoms with Crippen molar-refractivity contribution in [3.05, 3.63) is 47.2 Å². The molecule has 0 aliphatic carbocycles. The van der Waals surface area contributed by atoms with Crippen LogP contribution >= 0.6 is 0 Å². The average molecular weight is 285 g/mol. The molecule has 0 radical (unpaired) electrons. The maximum Gasteiger partial charge on any atom is 0.230 e. The quantitative estimate of drug-likeness (QED) is 0.653. The van der Waals surface area contributed by atoms with Gasteiger partial charge in [0, 0.05) is 11.8 Å². The molecule has 0 aliphatic rings. The number of nitrogens with one attached hydrogen (secondary N) is 1. The molecule has 0 spiro atoms. The lowest BCUT2D eigenvalue weighted by Gasteiger charge is -2.13. The number of ether oxygens (including phenoxy) is 2. The van der Waals surface area contributed by atoms with Crippen molar-refractivity contribution in [2.24, 2.45) is 5.73 Å². The van der Waals surface area contributed by atoms with Crippen LogP contribution in [0.2, 0.25) is 0 Å². The Balaban J connectivity index is 2.39. The minimum absolute atomic E-state index is 0.0593. The van der Waals surface area contributed by atoms with Gasteiger partial charge in [0.1, 0.15) is 17.3 Å². The summed E-state index contributed by atoms with van der Waals surface area (Å²) in [6.07, 6.45) is 0. The van der Waals surface area contributed by atoms with Crippen LogP contribution in [0.15, 0.2) is 30.3 Å². The molecule has 3 N–H and O–H groups in total. The monoisotopic (exact) mass is 285 g/mol. The molecule has 0 fully saturated rings. The van der Waals surface area contributed by atoms with E-state index >= 15 is 0 Å². The Hall–Kier alpha value is -2.56. The van der Waals surface area contributed by atoms with E-state index in [4.69, 9.17) is 20.6 Å². The van der Waals surface area contributed by atoms with Crippen molar-refractivity contribution in [1.29, 1.82) is 5.41 Å². The van der Waals surface area contributed by atoms with Crippen LogP contribution in [0.4, 0.5) is 0 Å². The molecule has 2 rings (SSSR count). The summed E-state index contributed by atoms with van der Waals surface area (Å²) < 4.78 is 11.2. The summed E-state index contributed by atoms with van der Waals surface area (Å²) in [5.74, 6) is 1.61. The molecular formula is C16H19N3O2. The van der Waals surface area contributed by atoms with Gasteiger partial charge >= 0.3 is 0 Å². The molecule has 0 aliphatic heterocycles.